The lowest BCUT2D eigenvalue weighted by atomic mass is 10.2. The molecular formula is C19H26N2O2. The molecule has 0 atom stereocenters. The molecule has 0 saturated heterocycles. The molecule has 1 amide bonds. The van der Waals surface area contributed by atoms with Crippen molar-refractivity contribution in [3.63, 3.8) is 0 Å². The number of furan rings is 1. The number of benzene rings is 1. The average Bonchev–Trinajstić information content (AvgIpc) is 3.00. The molecule has 0 radical (unpaired) electrons. The zero-order valence-corrected chi connectivity index (χ0v) is 14.0. The zero-order chi connectivity index (χ0) is 16.5. The maximum Gasteiger partial charge on any atom is 0.286 e. The van der Waals surface area contributed by atoms with Gasteiger partial charge in [0.15, 0.2) is 5.76 Å². The summed E-state index contributed by atoms with van der Waals surface area (Å²) < 4.78 is 5.66. The highest BCUT2D eigenvalue weighted by Crippen LogP contribution is 2.12. The first-order chi connectivity index (χ1) is 11.2. The Morgan fingerprint density at radius 2 is 1.87 bits per heavy atom. The van der Waals surface area contributed by atoms with E-state index in [1.165, 1.54) is 5.56 Å². The summed E-state index contributed by atoms with van der Waals surface area (Å²) in [7, 11) is 2.04. The predicted molar refractivity (Wildman–Crippen MR) is 92.2 cm³/mol. The van der Waals surface area contributed by atoms with Crippen LogP contribution in [-0.4, -0.2) is 24.4 Å². The maximum absolute atomic E-state index is 12.0. The molecule has 1 heterocycles. The number of hydrogen-bond acceptors (Lipinski definition) is 3. The molecule has 0 aliphatic carbocycles. The van der Waals surface area contributed by atoms with Crippen LogP contribution in [0.2, 0.25) is 0 Å². The van der Waals surface area contributed by atoms with Crippen LogP contribution in [0.3, 0.4) is 0 Å². The van der Waals surface area contributed by atoms with E-state index >= 15 is 0 Å². The van der Waals surface area contributed by atoms with Crippen LogP contribution in [-0.2, 0) is 13.1 Å². The van der Waals surface area contributed by atoms with Crippen molar-refractivity contribution in [1.82, 2.24) is 10.2 Å². The fraction of sp³-hybridized carbons (Fsp3) is 0.421. The SMILES string of the molecule is CCCCCNC(=O)c1ccc(CN(C)Cc2ccccc2)o1. The third-order valence-electron chi connectivity index (χ3n) is 3.67. The van der Waals surface area contributed by atoms with Crippen molar-refractivity contribution in [1.29, 1.82) is 0 Å². The van der Waals surface area contributed by atoms with Gasteiger partial charge >= 0.3 is 0 Å². The summed E-state index contributed by atoms with van der Waals surface area (Å²) in [6, 6.07) is 13.9. The van der Waals surface area contributed by atoms with E-state index in [0.29, 0.717) is 18.8 Å². The van der Waals surface area contributed by atoms with Crippen molar-refractivity contribution < 1.29 is 9.21 Å². The van der Waals surface area contributed by atoms with Crippen LogP contribution in [0.15, 0.2) is 46.9 Å². The lowest BCUT2D eigenvalue weighted by Gasteiger charge is -2.15. The molecule has 0 spiro atoms. The molecule has 4 nitrogen and oxygen atoms in total. The van der Waals surface area contributed by atoms with Crippen molar-refractivity contribution >= 4 is 5.91 Å². The Balaban J connectivity index is 1.80. The van der Waals surface area contributed by atoms with Gasteiger partial charge in [0.2, 0.25) is 0 Å². The summed E-state index contributed by atoms with van der Waals surface area (Å²) in [6.07, 6.45) is 3.29. The summed E-state index contributed by atoms with van der Waals surface area (Å²) in [5.74, 6) is 1.07. The number of nitrogens with zero attached hydrogens (tertiary/aromatic N) is 1. The van der Waals surface area contributed by atoms with Crippen LogP contribution in [0.25, 0.3) is 0 Å². The van der Waals surface area contributed by atoms with Crippen LogP contribution in [0.5, 0.6) is 0 Å². The molecule has 0 unspecified atom stereocenters. The Bertz CT molecular complexity index is 592. The fourth-order valence-corrected chi connectivity index (χ4v) is 2.47. The van der Waals surface area contributed by atoms with E-state index in [0.717, 1.165) is 31.6 Å². The molecule has 0 bridgehead atoms. The average molecular weight is 314 g/mol. The third kappa shape index (κ3) is 5.91. The van der Waals surface area contributed by atoms with Crippen LogP contribution in [0, 0.1) is 0 Å². The number of unbranched alkanes of at least 4 members (excludes halogenated alkanes) is 2. The lowest BCUT2D eigenvalue weighted by molar-refractivity contribution is 0.0921. The number of amides is 1. The smallest absolute Gasteiger partial charge is 0.286 e. The molecule has 0 fully saturated rings. The first kappa shape index (κ1) is 17.3. The molecule has 1 N–H and O–H groups in total. The van der Waals surface area contributed by atoms with E-state index < -0.39 is 0 Å². The van der Waals surface area contributed by atoms with E-state index in [4.69, 9.17) is 4.42 Å². The summed E-state index contributed by atoms with van der Waals surface area (Å²) >= 11 is 0. The minimum absolute atomic E-state index is 0.127. The number of rotatable bonds is 9. The molecule has 23 heavy (non-hydrogen) atoms. The van der Waals surface area contributed by atoms with Gasteiger partial charge in [-0.05, 0) is 31.2 Å². The van der Waals surface area contributed by atoms with Gasteiger partial charge < -0.3 is 9.73 Å². The molecule has 2 rings (SSSR count). The number of nitrogens with one attached hydrogen (secondary N) is 1. The van der Waals surface area contributed by atoms with Crippen molar-refractivity contribution in [3.05, 3.63) is 59.5 Å². The van der Waals surface area contributed by atoms with Gasteiger partial charge in [0.1, 0.15) is 5.76 Å². The van der Waals surface area contributed by atoms with Crippen LogP contribution in [0.4, 0.5) is 0 Å². The molecule has 1 aromatic carbocycles. The molecule has 4 heteroatoms. The van der Waals surface area contributed by atoms with Crippen LogP contribution >= 0.6 is 0 Å². The molecule has 1 aromatic heterocycles. The Kier molecular flexibility index (Phi) is 6.88. The van der Waals surface area contributed by atoms with Gasteiger partial charge in [0.05, 0.1) is 6.54 Å². The third-order valence-corrected chi connectivity index (χ3v) is 3.67. The summed E-state index contributed by atoms with van der Waals surface area (Å²) in [5, 5.41) is 2.89. The summed E-state index contributed by atoms with van der Waals surface area (Å²) in [6.45, 7) is 4.38. The fourth-order valence-electron chi connectivity index (χ4n) is 2.47. The molecule has 0 aliphatic heterocycles. The van der Waals surface area contributed by atoms with Crippen molar-refractivity contribution in [2.75, 3.05) is 13.6 Å². The normalized spacial score (nSPS) is 10.9. The standard InChI is InChI=1S/C19H26N2O2/c1-3-4-8-13-20-19(22)18-12-11-17(23-18)15-21(2)14-16-9-6-5-7-10-16/h5-7,9-12H,3-4,8,13-15H2,1-2H3,(H,20,22). The predicted octanol–water partition coefficient (Wildman–Crippen LogP) is 3.83. The highest BCUT2D eigenvalue weighted by Gasteiger charge is 2.11. The highest BCUT2D eigenvalue weighted by molar-refractivity contribution is 5.91. The number of carbonyl (C=O) groups is 1. The molecule has 124 valence electrons. The molecular weight excluding hydrogens is 288 g/mol. The Labute approximate surface area is 138 Å². The van der Waals surface area contributed by atoms with E-state index in [-0.39, 0.29) is 5.91 Å². The van der Waals surface area contributed by atoms with Crippen LogP contribution < -0.4 is 5.32 Å². The highest BCUT2D eigenvalue weighted by atomic mass is 16.4. The number of carbonyl (C=O) groups excluding carboxylic acids is 1. The number of hydrogen-bond donors (Lipinski definition) is 1. The quantitative estimate of drug-likeness (QED) is 0.715. The minimum atomic E-state index is -0.127. The van der Waals surface area contributed by atoms with E-state index in [1.807, 2.05) is 31.3 Å². The van der Waals surface area contributed by atoms with Gasteiger partial charge in [-0.2, -0.15) is 0 Å². The topological polar surface area (TPSA) is 45.5 Å². The van der Waals surface area contributed by atoms with Gasteiger partial charge in [0.25, 0.3) is 5.91 Å². The minimum Gasteiger partial charge on any atom is -0.455 e. The van der Waals surface area contributed by atoms with E-state index in [9.17, 15) is 4.79 Å². The summed E-state index contributed by atoms with van der Waals surface area (Å²) in [4.78, 5) is 14.1. The van der Waals surface area contributed by atoms with Crippen molar-refractivity contribution in [2.24, 2.45) is 0 Å². The van der Waals surface area contributed by atoms with Gasteiger partial charge in [-0.3, -0.25) is 9.69 Å². The monoisotopic (exact) mass is 314 g/mol. The van der Waals surface area contributed by atoms with E-state index in [1.54, 1.807) is 6.07 Å². The second kappa shape index (κ2) is 9.16. The van der Waals surface area contributed by atoms with Crippen molar-refractivity contribution in [2.45, 2.75) is 39.3 Å². The molecule has 2 aromatic rings. The van der Waals surface area contributed by atoms with Gasteiger partial charge in [-0.15, -0.1) is 0 Å². The Morgan fingerprint density at radius 1 is 1.09 bits per heavy atom. The largest absolute Gasteiger partial charge is 0.455 e. The lowest BCUT2D eigenvalue weighted by Crippen LogP contribution is -2.23. The molecule has 0 aliphatic rings. The zero-order valence-electron chi connectivity index (χ0n) is 14.0. The van der Waals surface area contributed by atoms with Gasteiger partial charge in [-0.25, -0.2) is 0 Å². The first-order valence-electron chi connectivity index (χ1n) is 8.28. The van der Waals surface area contributed by atoms with Gasteiger partial charge in [0, 0.05) is 13.1 Å². The summed E-state index contributed by atoms with van der Waals surface area (Å²) in [5.41, 5.74) is 1.26. The second-order valence-corrected chi connectivity index (χ2v) is 5.89. The Hall–Kier alpha value is -2.07. The maximum atomic E-state index is 12.0. The van der Waals surface area contributed by atoms with Gasteiger partial charge in [-0.1, -0.05) is 50.1 Å². The first-order valence-corrected chi connectivity index (χ1v) is 8.28. The molecule has 0 saturated carbocycles. The van der Waals surface area contributed by atoms with Crippen molar-refractivity contribution in [3.8, 4) is 0 Å². The van der Waals surface area contributed by atoms with E-state index in [2.05, 4.69) is 29.3 Å². The van der Waals surface area contributed by atoms with Crippen LogP contribution in [0.1, 0.15) is 48.1 Å². The second-order valence-electron chi connectivity index (χ2n) is 5.89. The Morgan fingerprint density at radius 3 is 2.61 bits per heavy atom.